The van der Waals surface area contributed by atoms with Crippen LogP contribution in [0.5, 0.6) is 0 Å². The van der Waals surface area contributed by atoms with Crippen molar-refractivity contribution >= 4 is 29.2 Å². The Hall–Kier alpha value is -2.21. The molecule has 1 aliphatic heterocycles. The Morgan fingerprint density at radius 1 is 1.28 bits per heavy atom. The molecular formula is C19H22FN3OS. The number of hydrogen-bond acceptors (Lipinski definition) is 3. The second kappa shape index (κ2) is 8.25. The van der Waals surface area contributed by atoms with E-state index in [-0.39, 0.29) is 11.8 Å². The van der Waals surface area contributed by atoms with Crippen LogP contribution in [0.25, 0.3) is 0 Å². The summed E-state index contributed by atoms with van der Waals surface area (Å²) in [5.74, 6) is 0.130. The molecular weight excluding hydrogens is 337 g/mol. The summed E-state index contributed by atoms with van der Waals surface area (Å²) in [6.07, 6.45) is 2.94. The van der Waals surface area contributed by atoms with Crippen LogP contribution in [0.4, 0.5) is 20.6 Å². The number of para-hydroxylation sites is 1. The molecule has 1 unspecified atom stereocenters. The summed E-state index contributed by atoms with van der Waals surface area (Å²) in [5, 5.41) is 5.78. The van der Waals surface area contributed by atoms with Crippen molar-refractivity contribution in [2.75, 3.05) is 36.1 Å². The monoisotopic (exact) mass is 359 g/mol. The minimum Gasteiger partial charge on any atom is -0.369 e. The minimum absolute atomic E-state index is 0.192. The quantitative estimate of drug-likeness (QED) is 0.787. The van der Waals surface area contributed by atoms with Gasteiger partial charge in [0, 0.05) is 30.2 Å². The molecule has 6 heteroatoms. The van der Waals surface area contributed by atoms with E-state index in [9.17, 15) is 9.18 Å². The first kappa shape index (κ1) is 17.6. The number of benzene rings is 2. The Bertz CT molecular complexity index is 740. The number of hydrogen-bond donors (Lipinski definition) is 2. The van der Waals surface area contributed by atoms with Crippen molar-refractivity contribution in [1.82, 2.24) is 5.32 Å². The number of rotatable bonds is 5. The number of carbonyl (C=O) groups is 1. The molecule has 2 amide bonds. The first-order chi connectivity index (χ1) is 12.2. The van der Waals surface area contributed by atoms with Crippen LogP contribution in [0, 0.1) is 11.7 Å². The predicted molar refractivity (Wildman–Crippen MR) is 102 cm³/mol. The molecule has 1 saturated heterocycles. The van der Waals surface area contributed by atoms with Crippen molar-refractivity contribution in [1.29, 1.82) is 0 Å². The number of anilines is 2. The summed E-state index contributed by atoms with van der Waals surface area (Å²) in [6, 6.07) is 14.4. The fourth-order valence-electron chi connectivity index (χ4n) is 3.04. The van der Waals surface area contributed by atoms with Crippen LogP contribution in [0.2, 0.25) is 0 Å². The molecule has 2 aromatic rings. The Balaban J connectivity index is 1.47. The topological polar surface area (TPSA) is 44.4 Å². The zero-order valence-electron chi connectivity index (χ0n) is 14.2. The van der Waals surface area contributed by atoms with Crippen molar-refractivity contribution in [2.45, 2.75) is 11.3 Å². The molecule has 0 spiro atoms. The van der Waals surface area contributed by atoms with Gasteiger partial charge in [-0.05, 0) is 48.9 Å². The number of halogens is 1. The van der Waals surface area contributed by atoms with Gasteiger partial charge in [0.05, 0.1) is 5.69 Å². The fraction of sp³-hybridized carbons (Fsp3) is 0.316. The zero-order chi connectivity index (χ0) is 17.6. The van der Waals surface area contributed by atoms with E-state index in [1.807, 2.05) is 41.5 Å². The first-order valence-electron chi connectivity index (χ1n) is 8.34. The van der Waals surface area contributed by atoms with Crippen LogP contribution >= 0.6 is 11.8 Å². The molecule has 4 nitrogen and oxygen atoms in total. The smallest absolute Gasteiger partial charge is 0.319 e. The Morgan fingerprint density at radius 3 is 2.92 bits per heavy atom. The minimum atomic E-state index is -0.206. The van der Waals surface area contributed by atoms with E-state index in [1.165, 1.54) is 6.07 Å². The molecule has 0 aromatic heterocycles. The van der Waals surface area contributed by atoms with E-state index in [2.05, 4.69) is 10.6 Å². The van der Waals surface area contributed by atoms with Gasteiger partial charge in [-0.3, -0.25) is 0 Å². The van der Waals surface area contributed by atoms with Crippen LogP contribution < -0.4 is 15.5 Å². The molecule has 0 bridgehead atoms. The lowest BCUT2D eigenvalue weighted by Crippen LogP contribution is -2.34. The average Bonchev–Trinajstić information content (AvgIpc) is 3.09. The van der Waals surface area contributed by atoms with Crippen LogP contribution in [0.1, 0.15) is 6.42 Å². The Kier molecular flexibility index (Phi) is 5.81. The maximum absolute atomic E-state index is 13.9. The highest BCUT2D eigenvalue weighted by Gasteiger charge is 2.24. The molecule has 1 atom stereocenters. The van der Waals surface area contributed by atoms with E-state index in [1.54, 1.807) is 23.9 Å². The van der Waals surface area contributed by atoms with E-state index in [4.69, 9.17) is 0 Å². The highest BCUT2D eigenvalue weighted by atomic mass is 32.2. The summed E-state index contributed by atoms with van der Waals surface area (Å²) in [4.78, 5) is 15.2. The van der Waals surface area contributed by atoms with E-state index in [0.717, 1.165) is 30.1 Å². The van der Waals surface area contributed by atoms with Crippen LogP contribution in [0.15, 0.2) is 53.4 Å². The lowest BCUT2D eigenvalue weighted by atomic mass is 10.1. The van der Waals surface area contributed by atoms with Crippen molar-refractivity contribution in [2.24, 2.45) is 5.92 Å². The zero-order valence-corrected chi connectivity index (χ0v) is 15.0. The molecule has 0 radical (unpaired) electrons. The van der Waals surface area contributed by atoms with E-state index < -0.39 is 0 Å². The van der Waals surface area contributed by atoms with Gasteiger partial charge in [-0.2, -0.15) is 0 Å². The summed E-state index contributed by atoms with van der Waals surface area (Å²) < 4.78 is 13.9. The Labute approximate surface area is 151 Å². The highest BCUT2D eigenvalue weighted by Crippen LogP contribution is 2.25. The van der Waals surface area contributed by atoms with Gasteiger partial charge in [0.15, 0.2) is 0 Å². The van der Waals surface area contributed by atoms with Gasteiger partial charge in [-0.15, -0.1) is 11.8 Å². The third kappa shape index (κ3) is 4.66. The summed E-state index contributed by atoms with van der Waals surface area (Å²) in [7, 11) is 0. The van der Waals surface area contributed by atoms with Gasteiger partial charge >= 0.3 is 6.03 Å². The van der Waals surface area contributed by atoms with Gasteiger partial charge in [-0.25, -0.2) is 9.18 Å². The summed E-state index contributed by atoms with van der Waals surface area (Å²) in [6.45, 7) is 2.15. The fourth-order valence-corrected chi connectivity index (χ4v) is 3.50. The number of urea groups is 1. The molecule has 3 rings (SSSR count). The molecule has 1 heterocycles. The predicted octanol–water partition coefficient (Wildman–Crippen LogP) is 4.20. The van der Waals surface area contributed by atoms with Crippen LogP contribution in [-0.2, 0) is 0 Å². The second-order valence-electron chi connectivity index (χ2n) is 6.12. The van der Waals surface area contributed by atoms with Crippen molar-refractivity contribution in [3.8, 4) is 0 Å². The van der Waals surface area contributed by atoms with Gasteiger partial charge in [-0.1, -0.05) is 18.2 Å². The summed E-state index contributed by atoms with van der Waals surface area (Å²) >= 11 is 1.64. The van der Waals surface area contributed by atoms with Gasteiger partial charge in [0.2, 0.25) is 0 Å². The van der Waals surface area contributed by atoms with E-state index in [0.29, 0.717) is 18.2 Å². The molecule has 1 fully saturated rings. The van der Waals surface area contributed by atoms with Gasteiger partial charge in [0.1, 0.15) is 5.82 Å². The number of carbonyl (C=O) groups excluding carboxylic acids is 1. The third-order valence-electron chi connectivity index (χ3n) is 4.36. The molecule has 1 aliphatic rings. The average molecular weight is 359 g/mol. The first-order valence-corrected chi connectivity index (χ1v) is 9.56. The lowest BCUT2D eigenvalue weighted by Gasteiger charge is -2.19. The van der Waals surface area contributed by atoms with Crippen molar-refractivity contribution < 1.29 is 9.18 Å². The van der Waals surface area contributed by atoms with Crippen LogP contribution in [0.3, 0.4) is 0 Å². The maximum atomic E-state index is 13.9. The molecule has 0 aliphatic carbocycles. The molecule has 2 aromatic carbocycles. The lowest BCUT2D eigenvalue weighted by molar-refractivity contribution is 0.250. The van der Waals surface area contributed by atoms with Gasteiger partial charge in [0.25, 0.3) is 0 Å². The second-order valence-corrected chi connectivity index (χ2v) is 7.00. The normalized spacial score (nSPS) is 16.7. The molecule has 0 saturated carbocycles. The number of nitrogens with one attached hydrogen (secondary N) is 2. The highest BCUT2D eigenvalue weighted by molar-refractivity contribution is 7.98. The van der Waals surface area contributed by atoms with E-state index >= 15 is 0 Å². The van der Waals surface area contributed by atoms with Crippen molar-refractivity contribution in [3.63, 3.8) is 0 Å². The SMILES string of the molecule is CSc1cccc(NC(=O)NCC2CCN(c3ccccc3F)C2)c1. The molecule has 25 heavy (non-hydrogen) atoms. The van der Waals surface area contributed by atoms with Crippen molar-refractivity contribution in [3.05, 3.63) is 54.3 Å². The Morgan fingerprint density at radius 2 is 2.12 bits per heavy atom. The number of nitrogens with zero attached hydrogens (tertiary/aromatic N) is 1. The largest absolute Gasteiger partial charge is 0.369 e. The molecule has 132 valence electrons. The molecule has 2 N–H and O–H groups in total. The maximum Gasteiger partial charge on any atom is 0.319 e. The van der Waals surface area contributed by atoms with Crippen LogP contribution in [-0.4, -0.2) is 31.9 Å². The number of thioether (sulfide) groups is 1. The standard InChI is InChI=1S/C19H22FN3OS/c1-25-16-6-4-5-15(11-16)22-19(24)21-12-14-9-10-23(13-14)18-8-3-2-7-17(18)20/h2-8,11,14H,9-10,12-13H2,1H3,(H2,21,22,24). The number of amides is 2. The summed E-state index contributed by atoms with van der Waals surface area (Å²) in [5.41, 5.74) is 1.42. The third-order valence-corrected chi connectivity index (χ3v) is 5.08. The van der Waals surface area contributed by atoms with Gasteiger partial charge < -0.3 is 15.5 Å².